The molecule has 0 aromatic heterocycles. The standard InChI is InChI=1S/C14H19NO2/c1-4-9-15(10-5-2)13-11(3)7-6-8-12(13)14(16)17/h4,6-8H,1,5,9-10H2,2-3H3,(H,16,17). The number of aromatic carboxylic acids is 1. The van der Waals surface area contributed by atoms with Crippen LogP contribution in [0.25, 0.3) is 0 Å². The van der Waals surface area contributed by atoms with Gasteiger partial charge in [0.25, 0.3) is 0 Å². The van der Waals surface area contributed by atoms with E-state index >= 15 is 0 Å². The first-order chi connectivity index (χ1) is 8.11. The van der Waals surface area contributed by atoms with Crippen LogP contribution in [0.2, 0.25) is 0 Å². The maximum absolute atomic E-state index is 11.2. The molecular weight excluding hydrogens is 214 g/mol. The van der Waals surface area contributed by atoms with E-state index in [0.717, 1.165) is 24.2 Å². The number of para-hydroxylation sites is 1. The average Bonchev–Trinajstić information content (AvgIpc) is 2.28. The molecule has 0 unspecified atom stereocenters. The van der Waals surface area contributed by atoms with E-state index in [9.17, 15) is 9.90 Å². The third-order valence-electron chi connectivity index (χ3n) is 2.63. The molecule has 1 aromatic rings. The Hall–Kier alpha value is -1.77. The van der Waals surface area contributed by atoms with Gasteiger partial charge >= 0.3 is 5.97 Å². The van der Waals surface area contributed by atoms with Gasteiger partial charge in [0, 0.05) is 13.1 Å². The van der Waals surface area contributed by atoms with E-state index < -0.39 is 5.97 Å². The second-order valence-corrected chi connectivity index (χ2v) is 4.01. The number of nitrogens with zero attached hydrogens (tertiary/aromatic N) is 1. The van der Waals surface area contributed by atoms with Crippen molar-refractivity contribution >= 4 is 11.7 Å². The number of hydrogen-bond acceptors (Lipinski definition) is 2. The van der Waals surface area contributed by atoms with Crippen LogP contribution < -0.4 is 4.90 Å². The Morgan fingerprint density at radius 2 is 2.24 bits per heavy atom. The summed E-state index contributed by atoms with van der Waals surface area (Å²) in [4.78, 5) is 13.3. The zero-order chi connectivity index (χ0) is 12.8. The predicted molar refractivity (Wildman–Crippen MR) is 70.8 cm³/mol. The first-order valence-corrected chi connectivity index (χ1v) is 5.80. The minimum Gasteiger partial charge on any atom is -0.478 e. The molecule has 0 atom stereocenters. The van der Waals surface area contributed by atoms with E-state index in [1.54, 1.807) is 18.2 Å². The lowest BCUT2D eigenvalue weighted by Gasteiger charge is -2.26. The number of benzene rings is 1. The summed E-state index contributed by atoms with van der Waals surface area (Å²) in [6, 6.07) is 5.37. The van der Waals surface area contributed by atoms with Gasteiger partial charge in [-0.15, -0.1) is 6.58 Å². The van der Waals surface area contributed by atoms with Crippen LogP contribution in [0.3, 0.4) is 0 Å². The van der Waals surface area contributed by atoms with Gasteiger partial charge in [0.1, 0.15) is 0 Å². The van der Waals surface area contributed by atoms with Gasteiger partial charge in [0.2, 0.25) is 0 Å². The van der Waals surface area contributed by atoms with Crippen molar-refractivity contribution in [3.05, 3.63) is 42.0 Å². The summed E-state index contributed by atoms with van der Waals surface area (Å²) < 4.78 is 0. The predicted octanol–water partition coefficient (Wildman–Crippen LogP) is 3.10. The molecule has 0 aliphatic heterocycles. The second-order valence-electron chi connectivity index (χ2n) is 4.01. The van der Waals surface area contributed by atoms with Crippen LogP contribution in [0, 0.1) is 6.92 Å². The Morgan fingerprint density at radius 3 is 2.76 bits per heavy atom. The smallest absolute Gasteiger partial charge is 0.337 e. The Labute approximate surface area is 102 Å². The first kappa shape index (κ1) is 13.3. The number of rotatable bonds is 6. The lowest BCUT2D eigenvalue weighted by Crippen LogP contribution is -2.26. The summed E-state index contributed by atoms with van der Waals surface area (Å²) in [5, 5.41) is 9.22. The maximum Gasteiger partial charge on any atom is 0.337 e. The van der Waals surface area contributed by atoms with Crippen molar-refractivity contribution in [3.63, 3.8) is 0 Å². The van der Waals surface area contributed by atoms with Gasteiger partial charge < -0.3 is 10.0 Å². The molecule has 0 aliphatic carbocycles. The van der Waals surface area contributed by atoms with E-state index in [2.05, 4.69) is 18.4 Å². The fourth-order valence-corrected chi connectivity index (χ4v) is 1.97. The Balaban J connectivity index is 3.23. The Kier molecular flexibility index (Phi) is 4.76. The minimum absolute atomic E-state index is 0.361. The number of hydrogen-bond donors (Lipinski definition) is 1. The van der Waals surface area contributed by atoms with Crippen molar-refractivity contribution in [2.75, 3.05) is 18.0 Å². The monoisotopic (exact) mass is 233 g/mol. The number of aryl methyl sites for hydroxylation is 1. The lowest BCUT2D eigenvalue weighted by molar-refractivity contribution is 0.0697. The fraction of sp³-hybridized carbons (Fsp3) is 0.357. The third-order valence-corrected chi connectivity index (χ3v) is 2.63. The zero-order valence-electron chi connectivity index (χ0n) is 10.4. The molecule has 0 amide bonds. The van der Waals surface area contributed by atoms with E-state index in [4.69, 9.17) is 0 Å². The molecule has 3 heteroatoms. The summed E-state index contributed by atoms with van der Waals surface area (Å²) in [5.41, 5.74) is 2.15. The van der Waals surface area contributed by atoms with Crippen molar-refractivity contribution in [1.82, 2.24) is 0 Å². The van der Waals surface area contributed by atoms with Crippen molar-refractivity contribution in [2.24, 2.45) is 0 Å². The molecule has 17 heavy (non-hydrogen) atoms. The number of anilines is 1. The van der Waals surface area contributed by atoms with Gasteiger partial charge in [0.15, 0.2) is 0 Å². The Bertz CT molecular complexity index is 413. The maximum atomic E-state index is 11.2. The van der Waals surface area contributed by atoms with E-state index in [1.807, 2.05) is 13.0 Å². The Morgan fingerprint density at radius 1 is 1.53 bits per heavy atom. The summed E-state index contributed by atoms with van der Waals surface area (Å²) >= 11 is 0. The van der Waals surface area contributed by atoms with E-state index in [-0.39, 0.29) is 0 Å². The number of carboxylic acids is 1. The van der Waals surface area contributed by atoms with Crippen LogP contribution in [0.1, 0.15) is 29.3 Å². The van der Waals surface area contributed by atoms with Crippen LogP contribution in [0.5, 0.6) is 0 Å². The SMILES string of the molecule is C=CCN(CCC)c1c(C)cccc1C(=O)O. The largest absolute Gasteiger partial charge is 0.478 e. The van der Waals surface area contributed by atoms with Gasteiger partial charge in [-0.1, -0.05) is 25.1 Å². The quantitative estimate of drug-likeness (QED) is 0.767. The average molecular weight is 233 g/mol. The molecule has 0 heterocycles. The van der Waals surface area contributed by atoms with Crippen LogP contribution in [0.4, 0.5) is 5.69 Å². The molecule has 0 spiro atoms. The summed E-state index contributed by atoms with van der Waals surface area (Å²) in [5.74, 6) is -0.881. The molecule has 0 saturated heterocycles. The molecule has 0 aliphatic rings. The van der Waals surface area contributed by atoms with Crippen LogP contribution in [-0.4, -0.2) is 24.2 Å². The van der Waals surface area contributed by atoms with Crippen LogP contribution >= 0.6 is 0 Å². The highest BCUT2D eigenvalue weighted by molar-refractivity contribution is 5.95. The first-order valence-electron chi connectivity index (χ1n) is 5.80. The number of carbonyl (C=O) groups is 1. The highest BCUT2D eigenvalue weighted by Gasteiger charge is 2.16. The third kappa shape index (κ3) is 3.09. The van der Waals surface area contributed by atoms with Gasteiger partial charge in [-0.05, 0) is 25.0 Å². The minimum atomic E-state index is -0.881. The molecule has 1 N–H and O–H groups in total. The van der Waals surface area contributed by atoms with Crippen molar-refractivity contribution in [2.45, 2.75) is 20.3 Å². The summed E-state index contributed by atoms with van der Waals surface area (Å²) in [6.07, 6.45) is 2.77. The molecule has 0 saturated carbocycles. The molecule has 1 aromatic carbocycles. The normalized spacial score (nSPS) is 10.0. The second kappa shape index (κ2) is 6.09. The zero-order valence-corrected chi connectivity index (χ0v) is 10.4. The molecule has 0 bridgehead atoms. The highest BCUT2D eigenvalue weighted by Crippen LogP contribution is 2.25. The molecule has 0 fully saturated rings. The lowest BCUT2D eigenvalue weighted by atomic mass is 10.1. The van der Waals surface area contributed by atoms with Crippen molar-refractivity contribution < 1.29 is 9.90 Å². The fourth-order valence-electron chi connectivity index (χ4n) is 1.97. The van der Waals surface area contributed by atoms with E-state index in [0.29, 0.717) is 12.1 Å². The molecule has 92 valence electrons. The van der Waals surface area contributed by atoms with Gasteiger partial charge in [-0.3, -0.25) is 0 Å². The topological polar surface area (TPSA) is 40.5 Å². The van der Waals surface area contributed by atoms with Gasteiger partial charge in [-0.2, -0.15) is 0 Å². The summed E-state index contributed by atoms with van der Waals surface area (Å²) in [7, 11) is 0. The molecule has 1 rings (SSSR count). The highest BCUT2D eigenvalue weighted by atomic mass is 16.4. The van der Waals surface area contributed by atoms with Gasteiger partial charge in [0.05, 0.1) is 11.3 Å². The molecule has 0 radical (unpaired) electrons. The van der Waals surface area contributed by atoms with Gasteiger partial charge in [-0.25, -0.2) is 4.79 Å². The van der Waals surface area contributed by atoms with Crippen LogP contribution in [0.15, 0.2) is 30.9 Å². The van der Waals surface area contributed by atoms with Crippen LogP contribution in [-0.2, 0) is 0 Å². The van der Waals surface area contributed by atoms with E-state index in [1.165, 1.54) is 0 Å². The van der Waals surface area contributed by atoms with Crippen molar-refractivity contribution in [1.29, 1.82) is 0 Å². The molecule has 3 nitrogen and oxygen atoms in total. The van der Waals surface area contributed by atoms with Crippen molar-refractivity contribution in [3.8, 4) is 0 Å². The summed E-state index contributed by atoms with van der Waals surface area (Å²) in [6.45, 7) is 9.24. The number of carboxylic acid groups (broad SMARTS) is 1. The molecular formula is C14H19NO2.